The molecule has 1 spiro atoms. The minimum atomic E-state index is 0.197. The highest BCUT2D eigenvalue weighted by atomic mass is 16.5. The fraction of sp³-hybridized carbons (Fsp3) is 0.682. The molecule has 3 aliphatic rings. The molecule has 142 valence electrons. The van der Waals surface area contributed by atoms with Crippen molar-refractivity contribution in [3.05, 3.63) is 35.4 Å². The average Bonchev–Trinajstić information content (AvgIpc) is 3.44. The number of aryl methyl sites for hydroxylation is 1. The molecule has 4 heteroatoms. The van der Waals surface area contributed by atoms with Crippen LogP contribution in [0.4, 0.5) is 0 Å². The molecule has 1 amide bonds. The van der Waals surface area contributed by atoms with Crippen LogP contribution in [-0.2, 0) is 4.74 Å². The lowest BCUT2D eigenvalue weighted by atomic mass is 9.85. The zero-order valence-corrected chi connectivity index (χ0v) is 16.2. The molecule has 26 heavy (non-hydrogen) atoms. The van der Waals surface area contributed by atoms with Crippen LogP contribution in [0.3, 0.4) is 0 Å². The van der Waals surface area contributed by atoms with Crippen LogP contribution in [-0.4, -0.2) is 60.6 Å². The van der Waals surface area contributed by atoms with Crippen molar-refractivity contribution < 1.29 is 9.53 Å². The fourth-order valence-corrected chi connectivity index (χ4v) is 4.75. The van der Waals surface area contributed by atoms with Gasteiger partial charge in [0.05, 0.1) is 6.61 Å². The molecular weight excluding hydrogens is 324 g/mol. The van der Waals surface area contributed by atoms with Gasteiger partial charge in [0.1, 0.15) is 0 Å². The Hall–Kier alpha value is -1.39. The zero-order chi connectivity index (χ0) is 18.1. The lowest BCUT2D eigenvalue weighted by Crippen LogP contribution is -2.54. The third kappa shape index (κ3) is 3.54. The molecule has 1 atom stereocenters. The van der Waals surface area contributed by atoms with Gasteiger partial charge in [0.25, 0.3) is 5.91 Å². The number of amides is 1. The third-order valence-electron chi connectivity index (χ3n) is 6.96. The number of nitrogens with zero attached hydrogens (tertiary/aromatic N) is 2. The van der Waals surface area contributed by atoms with E-state index in [1.54, 1.807) is 0 Å². The second-order valence-corrected chi connectivity index (χ2v) is 8.62. The summed E-state index contributed by atoms with van der Waals surface area (Å²) < 4.78 is 5.97. The summed E-state index contributed by atoms with van der Waals surface area (Å²) in [5, 5.41) is 0. The summed E-state index contributed by atoms with van der Waals surface area (Å²) in [5.74, 6) is 1.04. The third-order valence-corrected chi connectivity index (χ3v) is 6.96. The summed E-state index contributed by atoms with van der Waals surface area (Å²) in [7, 11) is 2.27. The standard InChI is InChI=1S/C22H32N2O2/c1-17-5-3-4-6-20(17)21(25)24-13-11-22(12-14-24)10-9-19(23(22)2)16-26-15-18-7-8-18/h3-6,18-19H,7-16H2,1-2H3/t19-/m1/s1. The van der Waals surface area contributed by atoms with Gasteiger partial charge in [-0.1, -0.05) is 18.2 Å². The first-order valence-electron chi connectivity index (χ1n) is 10.2. The van der Waals surface area contributed by atoms with Gasteiger partial charge in [0.2, 0.25) is 0 Å². The summed E-state index contributed by atoms with van der Waals surface area (Å²) in [6.45, 7) is 5.59. The number of likely N-dealkylation sites (tertiary alicyclic amines) is 2. The van der Waals surface area contributed by atoms with Gasteiger partial charge < -0.3 is 9.64 Å². The van der Waals surface area contributed by atoms with Crippen molar-refractivity contribution in [1.29, 1.82) is 0 Å². The quantitative estimate of drug-likeness (QED) is 0.810. The average molecular weight is 357 g/mol. The van der Waals surface area contributed by atoms with Crippen LogP contribution in [0.5, 0.6) is 0 Å². The molecule has 1 aliphatic carbocycles. The summed E-state index contributed by atoms with van der Waals surface area (Å²) in [6, 6.07) is 8.48. The van der Waals surface area contributed by atoms with Crippen LogP contribution in [0.15, 0.2) is 24.3 Å². The Labute approximate surface area is 157 Å². The molecule has 2 saturated heterocycles. The van der Waals surface area contributed by atoms with Crippen LogP contribution in [0, 0.1) is 12.8 Å². The van der Waals surface area contributed by atoms with Gasteiger partial charge in [0, 0.05) is 36.8 Å². The Kier molecular flexibility index (Phi) is 5.07. The van der Waals surface area contributed by atoms with Gasteiger partial charge in [0.15, 0.2) is 0 Å². The van der Waals surface area contributed by atoms with E-state index in [9.17, 15) is 4.79 Å². The lowest BCUT2D eigenvalue weighted by molar-refractivity contribution is 0.0172. The highest BCUT2D eigenvalue weighted by Gasteiger charge is 2.46. The number of benzene rings is 1. The van der Waals surface area contributed by atoms with Crippen LogP contribution >= 0.6 is 0 Å². The fourth-order valence-electron chi connectivity index (χ4n) is 4.75. The number of carbonyl (C=O) groups is 1. The SMILES string of the molecule is Cc1ccccc1C(=O)N1CCC2(CC[C@H](COCC3CC3)N2C)CC1. The van der Waals surface area contributed by atoms with Crippen molar-refractivity contribution in [2.24, 2.45) is 5.92 Å². The summed E-state index contributed by atoms with van der Waals surface area (Å²) in [5.41, 5.74) is 2.20. The van der Waals surface area contributed by atoms with Crippen molar-refractivity contribution in [2.45, 2.75) is 57.0 Å². The second-order valence-electron chi connectivity index (χ2n) is 8.62. The van der Waals surface area contributed by atoms with Crippen molar-refractivity contribution in [3.63, 3.8) is 0 Å². The number of hydrogen-bond acceptors (Lipinski definition) is 3. The number of ether oxygens (including phenoxy) is 1. The molecule has 2 aliphatic heterocycles. The van der Waals surface area contributed by atoms with Crippen LogP contribution in [0.1, 0.15) is 54.4 Å². The van der Waals surface area contributed by atoms with Gasteiger partial charge >= 0.3 is 0 Å². The molecule has 4 rings (SSSR count). The van der Waals surface area contributed by atoms with E-state index in [0.29, 0.717) is 6.04 Å². The van der Waals surface area contributed by atoms with E-state index in [1.165, 1.54) is 25.7 Å². The monoisotopic (exact) mass is 356 g/mol. The highest BCUT2D eigenvalue weighted by molar-refractivity contribution is 5.95. The topological polar surface area (TPSA) is 32.8 Å². The first kappa shape index (κ1) is 18.0. The molecule has 0 aromatic heterocycles. The normalized spacial score (nSPS) is 25.8. The smallest absolute Gasteiger partial charge is 0.254 e. The number of rotatable bonds is 5. The summed E-state index contributed by atoms with van der Waals surface area (Å²) in [4.78, 5) is 17.5. The predicted octanol–water partition coefficient (Wildman–Crippen LogP) is 3.49. The highest BCUT2D eigenvalue weighted by Crippen LogP contribution is 2.41. The van der Waals surface area contributed by atoms with Crippen molar-refractivity contribution in [3.8, 4) is 0 Å². The number of hydrogen-bond donors (Lipinski definition) is 0. The molecule has 0 unspecified atom stereocenters. The van der Waals surface area contributed by atoms with Crippen molar-refractivity contribution >= 4 is 5.91 Å². The minimum absolute atomic E-state index is 0.197. The van der Waals surface area contributed by atoms with Crippen LogP contribution < -0.4 is 0 Å². The van der Waals surface area contributed by atoms with Gasteiger partial charge in [-0.15, -0.1) is 0 Å². The first-order chi connectivity index (χ1) is 12.6. The Balaban J connectivity index is 1.32. The van der Waals surface area contributed by atoms with E-state index in [0.717, 1.165) is 56.2 Å². The largest absolute Gasteiger partial charge is 0.380 e. The molecule has 0 radical (unpaired) electrons. The van der Waals surface area contributed by atoms with E-state index < -0.39 is 0 Å². The van der Waals surface area contributed by atoms with Gasteiger partial charge in [-0.05, 0) is 70.0 Å². The minimum Gasteiger partial charge on any atom is -0.380 e. The molecule has 3 fully saturated rings. The van der Waals surface area contributed by atoms with E-state index in [-0.39, 0.29) is 11.4 Å². The second kappa shape index (κ2) is 7.32. The van der Waals surface area contributed by atoms with E-state index >= 15 is 0 Å². The van der Waals surface area contributed by atoms with Crippen molar-refractivity contribution in [2.75, 3.05) is 33.4 Å². The Morgan fingerprint density at radius 3 is 2.54 bits per heavy atom. The predicted molar refractivity (Wildman–Crippen MR) is 103 cm³/mol. The summed E-state index contributed by atoms with van der Waals surface area (Å²) in [6.07, 6.45) is 7.35. The summed E-state index contributed by atoms with van der Waals surface area (Å²) >= 11 is 0. The molecule has 4 nitrogen and oxygen atoms in total. The molecule has 1 aromatic rings. The number of piperidine rings is 1. The molecule has 2 heterocycles. The van der Waals surface area contributed by atoms with E-state index in [4.69, 9.17) is 4.74 Å². The van der Waals surface area contributed by atoms with E-state index in [1.807, 2.05) is 31.2 Å². The van der Waals surface area contributed by atoms with Crippen molar-refractivity contribution in [1.82, 2.24) is 9.80 Å². The van der Waals surface area contributed by atoms with Gasteiger partial charge in [-0.3, -0.25) is 9.69 Å². The van der Waals surface area contributed by atoms with Gasteiger partial charge in [-0.25, -0.2) is 0 Å². The molecule has 1 aromatic carbocycles. The first-order valence-corrected chi connectivity index (χ1v) is 10.2. The molecule has 1 saturated carbocycles. The molecule has 0 bridgehead atoms. The zero-order valence-electron chi connectivity index (χ0n) is 16.2. The molecule has 0 N–H and O–H groups in total. The Bertz CT molecular complexity index is 647. The van der Waals surface area contributed by atoms with Crippen LogP contribution in [0.25, 0.3) is 0 Å². The lowest BCUT2D eigenvalue weighted by Gasteiger charge is -2.45. The maximum atomic E-state index is 12.9. The maximum absolute atomic E-state index is 12.9. The number of likely N-dealkylation sites (N-methyl/N-ethyl adjacent to an activating group) is 1. The van der Waals surface area contributed by atoms with Crippen LogP contribution in [0.2, 0.25) is 0 Å². The van der Waals surface area contributed by atoms with Gasteiger partial charge in [-0.2, -0.15) is 0 Å². The maximum Gasteiger partial charge on any atom is 0.254 e. The molecular formula is C22H32N2O2. The Morgan fingerprint density at radius 1 is 1.12 bits per heavy atom. The number of carbonyl (C=O) groups excluding carboxylic acids is 1. The Morgan fingerprint density at radius 2 is 1.85 bits per heavy atom. The van der Waals surface area contributed by atoms with E-state index in [2.05, 4.69) is 16.8 Å².